The average molecular weight is 325 g/mol. The Morgan fingerprint density at radius 2 is 1.67 bits per heavy atom. The number of aliphatic hydroxyl groups excluding tert-OH is 1. The van der Waals surface area contributed by atoms with Crippen LogP contribution < -0.4 is 5.32 Å². The van der Waals surface area contributed by atoms with Crippen molar-refractivity contribution in [1.29, 1.82) is 0 Å². The van der Waals surface area contributed by atoms with Crippen LogP contribution in [0.5, 0.6) is 0 Å². The van der Waals surface area contributed by atoms with Crippen LogP contribution in [-0.4, -0.2) is 57.8 Å². The minimum absolute atomic E-state index is 0. The molecule has 0 unspecified atom stereocenters. The molecule has 0 aromatic carbocycles. The zero-order valence-electron chi connectivity index (χ0n) is 14.3. The molecule has 0 saturated carbocycles. The molecule has 0 aliphatic carbocycles. The molecule has 5 nitrogen and oxygen atoms in total. The van der Waals surface area contributed by atoms with Gasteiger partial charge in [-0.2, -0.15) is 5.06 Å². The molecule has 1 saturated heterocycles. The number of aliphatic hydroxyl groups is 2. The first kappa shape index (κ1) is 21.1. The predicted octanol–water partition coefficient (Wildman–Crippen LogP) is 1.71. The lowest BCUT2D eigenvalue weighted by Gasteiger charge is -2.54. The van der Waals surface area contributed by atoms with Crippen molar-refractivity contribution in [2.45, 2.75) is 77.1 Å². The van der Waals surface area contributed by atoms with Gasteiger partial charge in [-0.25, -0.2) is 0 Å². The van der Waals surface area contributed by atoms with Crippen LogP contribution in [0.25, 0.3) is 0 Å². The summed E-state index contributed by atoms with van der Waals surface area (Å²) < 4.78 is 0. The Kier molecular flexibility index (Phi) is 7.61. The van der Waals surface area contributed by atoms with Gasteiger partial charge < -0.3 is 15.5 Å². The van der Waals surface area contributed by atoms with Crippen LogP contribution in [0, 0.1) is 0 Å². The number of nitrogens with one attached hydrogen (secondary N) is 1. The molecule has 0 atom stereocenters. The maximum absolute atomic E-state index is 9.87. The van der Waals surface area contributed by atoms with Gasteiger partial charge in [0.05, 0.1) is 18.8 Å². The van der Waals surface area contributed by atoms with Crippen molar-refractivity contribution in [3.63, 3.8) is 0 Å². The van der Waals surface area contributed by atoms with E-state index in [-0.39, 0.29) is 36.7 Å². The lowest BCUT2D eigenvalue weighted by molar-refractivity contribution is -0.299. The van der Waals surface area contributed by atoms with Crippen LogP contribution in [0.3, 0.4) is 0 Å². The second-order valence-corrected chi connectivity index (χ2v) is 7.79. The summed E-state index contributed by atoms with van der Waals surface area (Å²) in [6.45, 7) is 13.2. The van der Waals surface area contributed by atoms with Gasteiger partial charge in [-0.1, -0.05) is 0 Å². The minimum Gasteiger partial charge on any atom is -0.395 e. The molecular weight excluding hydrogens is 292 g/mol. The highest BCUT2D eigenvalue weighted by atomic mass is 35.5. The van der Waals surface area contributed by atoms with Crippen molar-refractivity contribution in [2.75, 3.05) is 19.8 Å². The molecule has 1 rings (SSSR count). The minimum atomic E-state index is -0.835. The van der Waals surface area contributed by atoms with Gasteiger partial charge in [-0.15, -0.1) is 12.4 Å². The van der Waals surface area contributed by atoms with Crippen molar-refractivity contribution in [1.82, 2.24) is 10.4 Å². The number of hydrogen-bond donors (Lipinski definition) is 3. The molecule has 1 fully saturated rings. The molecule has 1 heterocycles. The largest absolute Gasteiger partial charge is 0.395 e. The second kappa shape index (κ2) is 7.57. The van der Waals surface area contributed by atoms with E-state index in [0.29, 0.717) is 12.6 Å². The van der Waals surface area contributed by atoms with E-state index in [1.165, 1.54) is 0 Å². The molecule has 128 valence electrons. The van der Waals surface area contributed by atoms with Gasteiger partial charge in [0.2, 0.25) is 0 Å². The molecular formula is C15H33ClN2O3. The smallest absolute Gasteiger partial charge is 0.0967 e. The number of hydrogen-bond acceptors (Lipinski definition) is 5. The van der Waals surface area contributed by atoms with Crippen LogP contribution in [-0.2, 0) is 4.84 Å². The van der Waals surface area contributed by atoms with Crippen molar-refractivity contribution in [2.24, 2.45) is 0 Å². The molecule has 6 heteroatoms. The zero-order chi connectivity index (χ0) is 15.6. The van der Waals surface area contributed by atoms with Gasteiger partial charge >= 0.3 is 0 Å². The third-order valence-corrected chi connectivity index (χ3v) is 3.68. The first-order chi connectivity index (χ1) is 8.98. The van der Waals surface area contributed by atoms with Gasteiger partial charge in [0, 0.05) is 23.7 Å². The van der Waals surface area contributed by atoms with E-state index in [2.05, 4.69) is 33.0 Å². The first-order valence-corrected chi connectivity index (χ1v) is 7.48. The summed E-state index contributed by atoms with van der Waals surface area (Å²) in [6.07, 6.45) is 1.89. The fourth-order valence-electron chi connectivity index (χ4n) is 3.25. The molecule has 1 aliphatic rings. The van der Waals surface area contributed by atoms with E-state index in [1.807, 2.05) is 5.06 Å². The molecule has 0 bridgehead atoms. The predicted molar refractivity (Wildman–Crippen MR) is 87.6 cm³/mol. The number of halogens is 1. The fourth-order valence-corrected chi connectivity index (χ4v) is 3.25. The average Bonchev–Trinajstić information content (AvgIpc) is 2.21. The summed E-state index contributed by atoms with van der Waals surface area (Å²) in [5.41, 5.74) is -1.08. The first-order valence-electron chi connectivity index (χ1n) is 7.48. The zero-order valence-corrected chi connectivity index (χ0v) is 15.1. The summed E-state index contributed by atoms with van der Waals surface area (Å²) in [6, 6.07) is 0.370. The standard InChI is InChI=1S/C15H32N2O3.ClH/c1-13(2)9-12(16-7-8-18)10-14(3,4)17(13)20-11-15(5,6)19;/h12,16,18-19H,7-11H2,1-6H3;1H. The summed E-state index contributed by atoms with van der Waals surface area (Å²) in [5, 5.41) is 24.3. The molecule has 0 aromatic heterocycles. The van der Waals surface area contributed by atoms with Crippen molar-refractivity contribution >= 4 is 12.4 Å². The highest BCUT2D eigenvalue weighted by Gasteiger charge is 2.46. The topological polar surface area (TPSA) is 65.0 Å². The summed E-state index contributed by atoms with van der Waals surface area (Å²) >= 11 is 0. The Bertz CT molecular complexity index is 299. The molecule has 0 radical (unpaired) electrons. The van der Waals surface area contributed by atoms with Gasteiger partial charge in [0.15, 0.2) is 0 Å². The molecule has 3 N–H and O–H groups in total. The van der Waals surface area contributed by atoms with Gasteiger partial charge in [0.25, 0.3) is 0 Å². The fraction of sp³-hybridized carbons (Fsp3) is 1.00. The number of rotatable bonds is 6. The SMILES string of the molecule is CC(C)(O)CON1C(C)(C)CC(NCCO)CC1(C)C.Cl. The lowest BCUT2D eigenvalue weighted by Crippen LogP contribution is -2.64. The van der Waals surface area contributed by atoms with Crippen molar-refractivity contribution in [3.05, 3.63) is 0 Å². The lowest BCUT2D eigenvalue weighted by atomic mass is 9.79. The monoisotopic (exact) mass is 324 g/mol. The van der Waals surface area contributed by atoms with Gasteiger partial charge in [0.1, 0.15) is 0 Å². The number of nitrogens with zero attached hydrogens (tertiary/aromatic N) is 1. The Morgan fingerprint density at radius 1 is 1.19 bits per heavy atom. The normalized spacial score (nSPS) is 22.9. The highest BCUT2D eigenvalue weighted by Crippen LogP contribution is 2.38. The van der Waals surface area contributed by atoms with E-state index in [9.17, 15) is 5.11 Å². The molecule has 1 aliphatic heterocycles. The van der Waals surface area contributed by atoms with Gasteiger partial charge in [-0.3, -0.25) is 4.84 Å². The maximum atomic E-state index is 9.87. The number of piperidine rings is 1. The Balaban J connectivity index is 0.00000400. The van der Waals surface area contributed by atoms with E-state index in [1.54, 1.807) is 13.8 Å². The van der Waals surface area contributed by atoms with E-state index >= 15 is 0 Å². The Labute approximate surface area is 135 Å². The summed E-state index contributed by atoms with van der Waals surface area (Å²) in [5.74, 6) is 0. The Hall–Kier alpha value is 0.0900. The third-order valence-electron chi connectivity index (χ3n) is 3.68. The second-order valence-electron chi connectivity index (χ2n) is 7.79. The van der Waals surface area contributed by atoms with Gasteiger partial charge in [-0.05, 0) is 54.4 Å². The van der Waals surface area contributed by atoms with Crippen LogP contribution in [0.4, 0.5) is 0 Å². The van der Waals surface area contributed by atoms with Crippen LogP contribution >= 0.6 is 12.4 Å². The van der Waals surface area contributed by atoms with Crippen molar-refractivity contribution in [3.8, 4) is 0 Å². The summed E-state index contributed by atoms with van der Waals surface area (Å²) in [4.78, 5) is 5.94. The maximum Gasteiger partial charge on any atom is 0.0967 e. The van der Waals surface area contributed by atoms with Crippen LogP contribution in [0.15, 0.2) is 0 Å². The molecule has 0 amide bonds. The van der Waals surface area contributed by atoms with Crippen LogP contribution in [0.1, 0.15) is 54.4 Å². The van der Waals surface area contributed by atoms with Crippen LogP contribution in [0.2, 0.25) is 0 Å². The van der Waals surface area contributed by atoms with Crippen molar-refractivity contribution < 1.29 is 15.1 Å². The third kappa shape index (κ3) is 6.38. The molecule has 21 heavy (non-hydrogen) atoms. The van der Waals surface area contributed by atoms with E-state index < -0.39 is 5.60 Å². The summed E-state index contributed by atoms with van der Waals surface area (Å²) in [7, 11) is 0. The molecule has 0 aromatic rings. The highest BCUT2D eigenvalue weighted by molar-refractivity contribution is 5.85. The van der Waals surface area contributed by atoms with E-state index in [4.69, 9.17) is 9.94 Å². The molecule has 0 spiro atoms. The quantitative estimate of drug-likeness (QED) is 0.694. The van der Waals surface area contributed by atoms with E-state index in [0.717, 1.165) is 12.8 Å². The Morgan fingerprint density at radius 3 is 2.05 bits per heavy atom. The number of hydroxylamine groups is 2.